The second-order valence-electron chi connectivity index (χ2n) is 6.87. The molecule has 0 bridgehead atoms. The molecule has 2 aromatic rings. The Morgan fingerprint density at radius 2 is 1.86 bits per heavy atom. The van der Waals surface area contributed by atoms with Crippen LogP contribution in [0.25, 0.3) is 0 Å². The van der Waals surface area contributed by atoms with Gasteiger partial charge >= 0.3 is 0 Å². The molecular weight excluding hydrogens is 378 g/mol. The molecule has 1 aliphatic rings. The van der Waals surface area contributed by atoms with Crippen molar-refractivity contribution in [1.82, 2.24) is 4.90 Å². The maximum Gasteiger partial charge on any atom is 0.241 e. The zero-order chi connectivity index (χ0) is 19.4. The van der Waals surface area contributed by atoms with Gasteiger partial charge in [-0.15, -0.1) is 12.4 Å². The Balaban J connectivity index is 0.00000280. The van der Waals surface area contributed by atoms with Crippen LogP contribution in [-0.2, 0) is 4.79 Å². The average Bonchev–Trinajstić information content (AvgIpc) is 3.09. The Labute approximate surface area is 172 Å². The van der Waals surface area contributed by atoms with Gasteiger partial charge in [0, 0.05) is 31.1 Å². The summed E-state index contributed by atoms with van der Waals surface area (Å²) in [5.74, 6) is 1.39. The van der Waals surface area contributed by atoms with Crippen LogP contribution in [-0.4, -0.2) is 50.2 Å². The van der Waals surface area contributed by atoms with Gasteiger partial charge in [0.15, 0.2) is 0 Å². The molecule has 1 unspecified atom stereocenters. The van der Waals surface area contributed by atoms with E-state index in [2.05, 4.69) is 22.3 Å². The summed E-state index contributed by atoms with van der Waals surface area (Å²) in [7, 11) is 3.16. The molecule has 0 saturated carbocycles. The molecule has 1 heterocycles. The van der Waals surface area contributed by atoms with Crippen molar-refractivity contribution in [3.05, 3.63) is 54.1 Å². The standard InChI is InChI=1S/C21H27N3O3.ClH/c1-14(21(25)23-19-11-16(26-2)9-10-20(19)27-3)24-12-17(18(22)13-24)15-7-5-4-6-8-15;/h4-11,14,17-18H,12-13,22H2,1-3H3,(H,23,25);1H/t14?,17-,18+;/m0./s1. The zero-order valence-corrected chi connectivity index (χ0v) is 17.2. The van der Waals surface area contributed by atoms with Gasteiger partial charge in [0.2, 0.25) is 5.91 Å². The lowest BCUT2D eigenvalue weighted by Gasteiger charge is -2.24. The lowest BCUT2D eigenvalue weighted by Crippen LogP contribution is -2.41. The largest absolute Gasteiger partial charge is 0.497 e. The van der Waals surface area contributed by atoms with Gasteiger partial charge in [-0.2, -0.15) is 0 Å². The Kier molecular flexibility index (Phi) is 7.69. The molecule has 3 N–H and O–H groups in total. The first-order chi connectivity index (χ1) is 13.0. The van der Waals surface area contributed by atoms with Crippen LogP contribution < -0.4 is 20.5 Å². The number of hydrogen-bond donors (Lipinski definition) is 2. The predicted molar refractivity (Wildman–Crippen MR) is 114 cm³/mol. The number of halogens is 1. The van der Waals surface area contributed by atoms with E-state index in [0.717, 1.165) is 6.54 Å². The minimum atomic E-state index is -0.305. The Morgan fingerprint density at radius 3 is 2.50 bits per heavy atom. The number of benzene rings is 2. The third-order valence-electron chi connectivity index (χ3n) is 5.21. The van der Waals surface area contributed by atoms with Gasteiger partial charge in [-0.3, -0.25) is 9.69 Å². The normalized spacial score (nSPS) is 20.1. The van der Waals surface area contributed by atoms with Crippen molar-refractivity contribution in [3.8, 4) is 11.5 Å². The van der Waals surface area contributed by atoms with E-state index in [0.29, 0.717) is 23.7 Å². The highest BCUT2D eigenvalue weighted by Crippen LogP contribution is 2.31. The fraction of sp³-hybridized carbons (Fsp3) is 0.381. The summed E-state index contributed by atoms with van der Waals surface area (Å²) in [6.45, 7) is 3.35. The highest BCUT2D eigenvalue weighted by atomic mass is 35.5. The highest BCUT2D eigenvalue weighted by molar-refractivity contribution is 5.96. The van der Waals surface area contributed by atoms with Crippen molar-refractivity contribution in [2.75, 3.05) is 32.6 Å². The van der Waals surface area contributed by atoms with Crippen molar-refractivity contribution in [1.29, 1.82) is 0 Å². The summed E-state index contributed by atoms with van der Waals surface area (Å²) >= 11 is 0. The smallest absolute Gasteiger partial charge is 0.241 e. The van der Waals surface area contributed by atoms with Crippen molar-refractivity contribution in [2.24, 2.45) is 5.73 Å². The number of likely N-dealkylation sites (tertiary alicyclic amines) is 1. The number of nitrogens with zero attached hydrogens (tertiary/aromatic N) is 1. The molecule has 7 heteroatoms. The monoisotopic (exact) mass is 405 g/mol. The molecule has 1 aliphatic heterocycles. The Bertz CT molecular complexity index is 788. The summed E-state index contributed by atoms with van der Waals surface area (Å²) < 4.78 is 10.6. The molecule has 28 heavy (non-hydrogen) atoms. The third kappa shape index (κ3) is 4.76. The molecule has 2 aromatic carbocycles. The lowest BCUT2D eigenvalue weighted by molar-refractivity contribution is -0.120. The van der Waals surface area contributed by atoms with E-state index < -0.39 is 0 Å². The summed E-state index contributed by atoms with van der Waals surface area (Å²) in [6.07, 6.45) is 0. The fourth-order valence-corrected chi connectivity index (χ4v) is 3.54. The zero-order valence-electron chi connectivity index (χ0n) is 16.4. The maximum absolute atomic E-state index is 12.8. The van der Waals surface area contributed by atoms with Crippen molar-refractivity contribution >= 4 is 24.0 Å². The van der Waals surface area contributed by atoms with Crippen LogP contribution in [0.1, 0.15) is 18.4 Å². The molecule has 0 radical (unpaired) electrons. The van der Waals surface area contributed by atoms with E-state index in [1.54, 1.807) is 32.4 Å². The lowest BCUT2D eigenvalue weighted by atomic mass is 9.95. The first-order valence-electron chi connectivity index (χ1n) is 9.11. The molecule has 1 amide bonds. The number of carbonyl (C=O) groups excluding carboxylic acids is 1. The molecule has 6 nitrogen and oxygen atoms in total. The number of amides is 1. The average molecular weight is 406 g/mol. The SMILES string of the molecule is COc1ccc(OC)c(NC(=O)C(C)N2C[C@@H](N)[C@H](c3ccccc3)C2)c1.Cl. The van der Waals surface area contributed by atoms with Crippen LogP contribution in [0.15, 0.2) is 48.5 Å². The van der Waals surface area contributed by atoms with E-state index in [4.69, 9.17) is 15.2 Å². The maximum atomic E-state index is 12.8. The molecule has 3 rings (SSSR count). The van der Waals surface area contributed by atoms with Gasteiger partial charge in [0.05, 0.1) is 25.9 Å². The number of hydrogen-bond acceptors (Lipinski definition) is 5. The van der Waals surface area contributed by atoms with Gasteiger partial charge in [-0.05, 0) is 24.6 Å². The number of ether oxygens (including phenoxy) is 2. The fourth-order valence-electron chi connectivity index (χ4n) is 3.54. The van der Waals surface area contributed by atoms with Crippen LogP contribution in [0.4, 0.5) is 5.69 Å². The van der Waals surface area contributed by atoms with Crippen LogP contribution in [0.5, 0.6) is 11.5 Å². The molecule has 3 atom stereocenters. The van der Waals surface area contributed by atoms with Gasteiger partial charge in [-0.1, -0.05) is 30.3 Å². The predicted octanol–water partition coefficient (Wildman–Crippen LogP) is 2.88. The number of nitrogens with two attached hydrogens (primary N) is 1. The molecule has 1 fully saturated rings. The summed E-state index contributed by atoms with van der Waals surface area (Å²) in [6, 6.07) is 15.3. The van der Waals surface area contributed by atoms with E-state index in [9.17, 15) is 4.79 Å². The quantitative estimate of drug-likeness (QED) is 0.772. The number of rotatable bonds is 6. The first-order valence-corrected chi connectivity index (χ1v) is 9.11. The van der Waals surface area contributed by atoms with Crippen molar-refractivity contribution in [2.45, 2.75) is 24.9 Å². The first kappa shape index (κ1) is 22.0. The highest BCUT2D eigenvalue weighted by Gasteiger charge is 2.35. The van der Waals surface area contributed by atoms with Crippen molar-refractivity contribution in [3.63, 3.8) is 0 Å². The van der Waals surface area contributed by atoms with E-state index >= 15 is 0 Å². The van der Waals surface area contributed by atoms with Gasteiger partial charge in [-0.25, -0.2) is 0 Å². The minimum Gasteiger partial charge on any atom is -0.497 e. The molecule has 0 aromatic heterocycles. The second-order valence-corrected chi connectivity index (χ2v) is 6.87. The van der Waals surface area contributed by atoms with Crippen LogP contribution in [0.2, 0.25) is 0 Å². The van der Waals surface area contributed by atoms with Crippen LogP contribution in [0.3, 0.4) is 0 Å². The van der Waals surface area contributed by atoms with Gasteiger partial charge < -0.3 is 20.5 Å². The van der Waals surface area contributed by atoms with E-state index in [1.165, 1.54) is 5.56 Å². The topological polar surface area (TPSA) is 76.8 Å². The molecule has 0 spiro atoms. The molecule has 0 aliphatic carbocycles. The molecular formula is C21H28ClN3O3. The van der Waals surface area contributed by atoms with E-state index in [1.807, 2.05) is 25.1 Å². The van der Waals surface area contributed by atoms with Gasteiger partial charge in [0.25, 0.3) is 0 Å². The minimum absolute atomic E-state index is 0. The number of nitrogens with one attached hydrogen (secondary N) is 1. The molecule has 1 saturated heterocycles. The van der Waals surface area contributed by atoms with Crippen LogP contribution in [0, 0.1) is 0 Å². The second kappa shape index (κ2) is 9.78. The van der Waals surface area contributed by atoms with E-state index in [-0.39, 0.29) is 36.3 Å². The van der Waals surface area contributed by atoms with Crippen molar-refractivity contribution < 1.29 is 14.3 Å². The summed E-state index contributed by atoms with van der Waals surface area (Å²) in [5.41, 5.74) is 8.18. The summed E-state index contributed by atoms with van der Waals surface area (Å²) in [5, 5.41) is 2.96. The van der Waals surface area contributed by atoms with Crippen LogP contribution >= 0.6 is 12.4 Å². The summed E-state index contributed by atoms with van der Waals surface area (Å²) in [4.78, 5) is 15.0. The van der Waals surface area contributed by atoms with Gasteiger partial charge in [0.1, 0.15) is 11.5 Å². The number of carbonyl (C=O) groups is 1. The Hall–Kier alpha value is -2.28. The number of methoxy groups -OCH3 is 2. The third-order valence-corrected chi connectivity index (χ3v) is 5.21. The number of anilines is 1. The Morgan fingerprint density at radius 1 is 1.14 bits per heavy atom. The molecule has 152 valence electrons.